The lowest BCUT2D eigenvalue weighted by molar-refractivity contribution is -0.138. The molecule has 480 valence electrons. The van der Waals surface area contributed by atoms with Crippen LogP contribution in [-0.2, 0) is 18.5 Å². The van der Waals surface area contributed by atoms with Gasteiger partial charge in [0, 0.05) is 35.7 Å². The SMILES string of the molecule is CCC(O)c1sc(-c2ccc(C(F)(F)F)cc2)nc1C.CCC(Oc1ccc(-c2noc(=O)[nH]2)c(Br)c1)c1sc(-c2ccc(C(F)(F)F)cc2)nc1C.CCC(Oc1ccc(C#N)c(Br)c1)c1sc(-c2ccc(C(F)(F)F)cc2)nc1C.N#Cc1ccc(F)cc1Br. The average Bonchev–Trinajstić information content (AvgIpc) is 1.67. The van der Waals surface area contributed by atoms with Gasteiger partial charge in [-0.05, 0) is 179 Å². The van der Waals surface area contributed by atoms with Gasteiger partial charge in [-0.2, -0.15) is 50.0 Å². The summed E-state index contributed by atoms with van der Waals surface area (Å²) in [5, 5.41) is 32.9. The Morgan fingerprint density at radius 1 is 0.543 bits per heavy atom. The lowest BCUT2D eigenvalue weighted by Gasteiger charge is -2.17. The van der Waals surface area contributed by atoms with Gasteiger partial charge >= 0.3 is 24.3 Å². The smallest absolute Gasteiger partial charge is 0.439 e. The van der Waals surface area contributed by atoms with E-state index in [9.17, 15) is 53.8 Å². The number of aryl methyl sites for hydroxylation is 3. The molecule has 4 aromatic heterocycles. The Morgan fingerprint density at radius 3 is 1.25 bits per heavy atom. The Kier molecular flexibility index (Phi) is 24.5. The summed E-state index contributed by atoms with van der Waals surface area (Å²) < 4.78 is 145. The molecule has 0 saturated heterocycles. The summed E-state index contributed by atoms with van der Waals surface area (Å²) in [5.41, 5.74) is 3.68. The molecule has 0 spiro atoms. The van der Waals surface area contributed by atoms with Crippen LogP contribution in [-0.4, -0.2) is 30.2 Å². The molecular formula is C64H50Br3F10N7O5S3. The normalized spacial score (nSPS) is 12.4. The van der Waals surface area contributed by atoms with Crippen molar-refractivity contribution < 1.29 is 63.0 Å². The third-order valence-electron chi connectivity index (χ3n) is 13.2. The van der Waals surface area contributed by atoms with Gasteiger partial charge in [0.2, 0.25) is 0 Å². The molecule has 0 bridgehead atoms. The maximum absolute atomic E-state index is 12.8. The molecule has 0 amide bonds. The summed E-state index contributed by atoms with van der Waals surface area (Å²) in [4.78, 5) is 29.7. The van der Waals surface area contributed by atoms with E-state index in [0.717, 1.165) is 68.1 Å². The molecule has 2 N–H and O–H groups in total. The molecule has 3 atom stereocenters. The zero-order valence-electron chi connectivity index (χ0n) is 48.9. The number of halogens is 13. The molecule has 10 aromatic rings. The summed E-state index contributed by atoms with van der Waals surface area (Å²) in [6, 6.07) is 33.2. The van der Waals surface area contributed by atoms with E-state index in [1.807, 2.05) is 40.7 Å². The molecule has 0 radical (unpaired) electrons. The zero-order valence-corrected chi connectivity index (χ0v) is 56.1. The van der Waals surface area contributed by atoms with E-state index in [-0.39, 0.29) is 18.0 Å². The summed E-state index contributed by atoms with van der Waals surface area (Å²) in [7, 11) is 0. The second kappa shape index (κ2) is 31.4. The fourth-order valence-electron chi connectivity index (χ4n) is 8.41. The summed E-state index contributed by atoms with van der Waals surface area (Å²) in [5.74, 6) is 0.516. The average molecular weight is 1520 g/mol. The predicted octanol–water partition coefficient (Wildman–Crippen LogP) is 21.1. The van der Waals surface area contributed by atoms with Crippen molar-refractivity contribution in [2.45, 2.75) is 97.6 Å². The van der Waals surface area contributed by atoms with Gasteiger partial charge in [0.15, 0.2) is 5.82 Å². The van der Waals surface area contributed by atoms with Crippen LogP contribution in [0.15, 0.2) is 150 Å². The number of nitrogens with zero attached hydrogens (tertiary/aromatic N) is 6. The fraction of sp³-hybridized carbons (Fsp3) is 0.234. The number of benzene rings is 6. The number of thiazole rings is 3. The minimum atomic E-state index is -4.38. The highest BCUT2D eigenvalue weighted by Crippen LogP contribution is 2.42. The van der Waals surface area contributed by atoms with Crippen LogP contribution in [0.25, 0.3) is 43.1 Å². The maximum atomic E-state index is 12.8. The summed E-state index contributed by atoms with van der Waals surface area (Å²) in [6.07, 6.45) is -12.3. The van der Waals surface area contributed by atoms with Crippen molar-refractivity contribution in [1.82, 2.24) is 25.1 Å². The molecule has 0 saturated carbocycles. The predicted molar refractivity (Wildman–Crippen MR) is 342 cm³/mol. The molecule has 28 heteroatoms. The number of alkyl halides is 9. The monoisotopic (exact) mass is 1520 g/mol. The van der Waals surface area contributed by atoms with Crippen molar-refractivity contribution in [2.24, 2.45) is 0 Å². The highest BCUT2D eigenvalue weighted by molar-refractivity contribution is 9.11. The van der Waals surface area contributed by atoms with Crippen LogP contribution in [0, 0.1) is 49.3 Å². The Balaban J connectivity index is 0.000000186. The number of H-pyrrole nitrogens is 1. The third kappa shape index (κ3) is 18.8. The van der Waals surface area contributed by atoms with E-state index in [0.29, 0.717) is 98.4 Å². The van der Waals surface area contributed by atoms with Gasteiger partial charge in [0.25, 0.3) is 0 Å². The molecule has 0 aliphatic carbocycles. The number of rotatable bonds is 14. The molecule has 92 heavy (non-hydrogen) atoms. The van der Waals surface area contributed by atoms with Gasteiger partial charge in [-0.25, -0.2) is 24.1 Å². The van der Waals surface area contributed by atoms with E-state index in [1.165, 1.54) is 88.6 Å². The Morgan fingerprint density at radius 2 is 0.913 bits per heavy atom. The van der Waals surface area contributed by atoms with E-state index in [4.69, 9.17) is 20.0 Å². The second-order valence-electron chi connectivity index (χ2n) is 19.7. The van der Waals surface area contributed by atoms with E-state index < -0.39 is 47.1 Å². The van der Waals surface area contributed by atoms with Crippen LogP contribution >= 0.6 is 81.8 Å². The lowest BCUT2D eigenvalue weighted by Crippen LogP contribution is -2.06. The van der Waals surface area contributed by atoms with Gasteiger partial charge in [-0.1, -0.05) is 62.3 Å². The molecule has 0 aliphatic rings. The topological polar surface area (TPSA) is 184 Å². The van der Waals surface area contributed by atoms with E-state index in [2.05, 4.69) is 83.5 Å². The van der Waals surface area contributed by atoms with Crippen molar-refractivity contribution in [2.75, 3.05) is 0 Å². The van der Waals surface area contributed by atoms with Crippen LogP contribution in [0.2, 0.25) is 0 Å². The van der Waals surface area contributed by atoms with Gasteiger partial charge in [0.1, 0.15) is 56.7 Å². The Labute approximate surface area is 557 Å². The third-order valence-corrected chi connectivity index (χ3v) is 19.1. The standard InChI is InChI=1S/C22H17BrF3N3O3S.C21H16BrF3N2OS.C14H14F3NOS.C7H3BrFN/c1-3-17(31-14-8-9-15(16(23)10-14)19-28-21(30)32-29-19)18-11(2)27-20(33-18)12-4-6-13(7-5-12)22(24,25)26;1-3-18(28-16-9-6-14(11-26)17(22)10-16)19-12(2)27-20(29-19)13-4-7-15(8-5-13)21(23,24)25;1-3-11(19)12-8(2)18-13(20-12)9-4-6-10(7-5-9)14(15,16)17;8-7-3-6(9)2-1-5(7)4-10/h4-10,17H,3H2,1-2H3,(H,28,29,30);4-10,18H,3H2,1-2H3;4-7,11,19H,3H2,1-2H3;1-3H. The fourth-order valence-corrected chi connectivity index (χ4v) is 13.4. The number of aliphatic hydroxyl groups is 1. The minimum Gasteiger partial charge on any atom is -0.485 e. The first kappa shape index (κ1) is 71.9. The number of hydrogen-bond acceptors (Lipinski definition) is 14. The van der Waals surface area contributed by atoms with E-state index in [1.54, 1.807) is 43.3 Å². The number of nitrogens with one attached hydrogen (secondary N) is 1. The zero-order chi connectivity index (χ0) is 67.4. The summed E-state index contributed by atoms with van der Waals surface area (Å²) in [6.45, 7) is 11.3. The number of nitriles is 2. The van der Waals surface area contributed by atoms with Gasteiger partial charge in [-0.3, -0.25) is 9.51 Å². The first-order valence-electron chi connectivity index (χ1n) is 27.3. The second-order valence-corrected chi connectivity index (χ2v) is 25.3. The van der Waals surface area contributed by atoms with Crippen LogP contribution in [0.5, 0.6) is 11.5 Å². The number of ether oxygens (including phenoxy) is 2. The number of hydrogen-bond donors (Lipinski definition) is 2. The molecule has 6 aromatic carbocycles. The van der Waals surface area contributed by atoms with Gasteiger partial charge < -0.3 is 14.6 Å². The van der Waals surface area contributed by atoms with Crippen LogP contribution in [0.3, 0.4) is 0 Å². The highest BCUT2D eigenvalue weighted by Gasteiger charge is 2.33. The first-order chi connectivity index (χ1) is 43.4. The van der Waals surface area contributed by atoms with Crippen LogP contribution < -0.4 is 15.2 Å². The van der Waals surface area contributed by atoms with Crippen LogP contribution in [0.4, 0.5) is 43.9 Å². The highest BCUT2D eigenvalue weighted by atomic mass is 79.9. The Hall–Kier alpha value is -7.57. The quantitative estimate of drug-likeness (QED) is 0.0988. The first-order valence-corrected chi connectivity index (χ1v) is 32.1. The van der Waals surface area contributed by atoms with Crippen molar-refractivity contribution >= 4 is 81.8 Å². The molecule has 0 fully saturated rings. The van der Waals surface area contributed by atoms with Crippen molar-refractivity contribution in [3.05, 3.63) is 217 Å². The molecular weight excluding hydrogens is 1470 g/mol. The molecule has 0 aliphatic heterocycles. The molecule has 4 heterocycles. The van der Waals surface area contributed by atoms with E-state index >= 15 is 0 Å². The van der Waals surface area contributed by atoms with Crippen molar-refractivity contribution in [3.8, 4) is 66.7 Å². The molecule has 3 unspecified atom stereocenters. The molecule has 12 nitrogen and oxygen atoms in total. The maximum Gasteiger partial charge on any atom is 0.439 e. The molecule has 10 rings (SSSR count). The lowest BCUT2D eigenvalue weighted by atomic mass is 10.1. The summed E-state index contributed by atoms with van der Waals surface area (Å²) >= 11 is 14.0. The number of aromatic nitrogens is 5. The van der Waals surface area contributed by atoms with Gasteiger partial charge in [-0.15, -0.1) is 34.0 Å². The number of aliphatic hydroxyl groups excluding tert-OH is 1. The van der Waals surface area contributed by atoms with Crippen molar-refractivity contribution in [3.63, 3.8) is 0 Å². The van der Waals surface area contributed by atoms with Gasteiger partial charge in [0.05, 0.1) is 65.6 Å². The van der Waals surface area contributed by atoms with Crippen molar-refractivity contribution in [1.29, 1.82) is 10.5 Å². The number of aromatic amines is 1. The largest absolute Gasteiger partial charge is 0.485 e. The minimum absolute atomic E-state index is 0.254. The van der Waals surface area contributed by atoms with Crippen LogP contribution in [0.1, 0.15) is 118 Å². The Bertz CT molecular complexity index is 4290.